The molecule has 6 heteroatoms. The Bertz CT molecular complexity index is 344. The van der Waals surface area contributed by atoms with E-state index in [-0.39, 0.29) is 0 Å². The number of rotatable bonds is 5. The normalized spacial score (nSPS) is 14.4. The van der Waals surface area contributed by atoms with Crippen LogP contribution >= 0.6 is 7.28 Å². The molecule has 1 aromatic rings. The maximum atomic E-state index is 10.6. The SMILES string of the molecule is CCOP(C)(O)(OCC)c1ccc(N)nc1. The first-order valence-electron chi connectivity index (χ1n) is 5.20. The molecule has 0 spiro atoms. The van der Waals surface area contributed by atoms with Crippen LogP contribution < -0.4 is 11.0 Å². The zero-order chi connectivity index (χ0) is 12.3. The number of hydrogen-bond donors (Lipinski definition) is 2. The van der Waals surface area contributed by atoms with Gasteiger partial charge in [-0.05, 0) is 0 Å². The number of aromatic nitrogens is 1. The Morgan fingerprint density at radius 1 is 1.31 bits per heavy atom. The van der Waals surface area contributed by atoms with Crippen molar-refractivity contribution in [1.82, 2.24) is 4.98 Å². The van der Waals surface area contributed by atoms with Crippen molar-refractivity contribution in [2.45, 2.75) is 13.8 Å². The molecule has 0 aliphatic heterocycles. The number of anilines is 1. The molecule has 0 atom stereocenters. The number of nitrogens with two attached hydrogens (primary N) is 1. The Kier molecular flexibility index (Phi) is 3.86. The number of hydrogen-bond acceptors (Lipinski definition) is 5. The molecule has 0 aromatic carbocycles. The molecule has 1 heterocycles. The summed E-state index contributed by atoms with van der Waals surface area (Å²) < 4.78 is 10.9. The third-order valence-electron chi connectivity index (χ3n) is 2.22. The molecule has 0 radical (unpaired) electrons. The van der Waals surface area contributed by atoms with Gasteiger partial charge in [0.25, 0.3) is 0 Å². The second-order valence-electron chi connectivity index (χ2n) is 3.59. The van der Waals surface area contributed by atoms with E-state index in [0.717, 1.165) is 0 Å². The summed E-state index contributed by atoms with van der Waals surface area (Å²) in [6, 6.07) is 3.31. The monoisotopic (exact) mass is 246 g/mol. The van der Waals surface area contributed by atoms with Crippen molar-refractivity contribution in [3.8, 4) is 0 Å². The van der Waals surface area contributed by atoms with Gasteiger partial charge < -0.3 is 0 Å². The zero-order valence-corrected chi connectivity index (χ0v) is 10.8. The fourth-order valence-corrected chi connectivity index (χ4v) is 3.81. The standard InChI is InChI=1S/C10H19N2O3P/c1-4-14-16(3,13,15-5-2)9-6-7-10(11)12-8-9/h6-8,13H,4-5H2,1-3H3,(H2,11,12). The molecule has 92 valence electrons. The Labute approximate surface area is 95.8 Å². The van der Waals surface area contributed by atoms with Crippen LogP contribution in [0.25, 0.3) is 0 Å². The molecule has 0 saturated carbocycles. The van der Waals surface area contributed by atoms with Crippen LogP contribution in [0.3, 0.4) is 0 Å². The Morgan fingerprint density at radius 2 is 1.88 bits per heavy atom. The third kappa shape index (κ3) is 2.68. The topological polar surface area (TPSA) is 77.6 Å². The summed E-state index contributed by atoms with van der Waals surface area (Å²) in [5.74, 6) is 0.398. The molecule has 0 amide bonds. The molecule has 0 aliphatic rings. The molecule has 3 N–H and O–H groups in total. The summed E-state index contributed by atoms with van der Waals surface area (Å²) in [6.45, 7) is 5.95. The first-order valence-corrected chi connectivity index (χ1v) is 7.67. The molecule has 16 heavy (non-hydrogen) atoms. The van der Waals surface area contributed by atoms with E-state index < -0.39 is 7.28 Å². The van der Waals surface area contributed by atoms with Gasteiger partial charge in [-0.2, -0.15) is 0 Å². The Morgan fingerprint density at radius 3 is 2.25 bits per heavy atom. The number of nitrogen functional groups attached to an aromatic ring is 1. The molecule has 1 aromatic heterocycles. The minimum atomic E-state index is -3.74. The van der Waals surface area contributed by atoms with Crippen molar-refractivity contribution in [1.29, 1.82) is 0 Å². The van der Waals surface area contributed by atoms with Crippen molar-refractivity contribution in [3.63, 3.8) is 0 Å². The molecule has 0 aliphatic carbocycles. The van der Waals surface area contributed by atoms with Gasteiger partial charge in [0.05, 0.1) is 0 Å². The van der Waals surface area contributed by atoms with Crippen LogP contribution in [0, 0.1) is 0 Å². The maximum absolute atomic E-state index is 10.6. The molecule has 0 bridgehead atoms. The van der Waals surface area contributed by atoms with Crippen molar-refractivity contribution in [2.24, 2.45) is 0 Å². The zero-order valence-electron chi connectivity index (χ0n) is 9.88. The molecule has 1 rings (SSSR count). The summed E-state index contributed by atoms with van der Waals surface area (Å²) in [4.78, 5) is 14.6. The third-order valence-corrected chi connectivity index (χ3v) is 5.39. The van der Waals surface area contributed by atoms with Gasteiger partial charge in [-0.1, -0.05) is 0 Å². The van der Waals surface area contributed by atoms with Gasteiger partial charge >= 0.3 is 95.1 Å². The fraction of sp³-hybridized carbons (Fsp3) is 0.500. The first-order chi connectivity index (χ1) is 7.41. The minimum absolute atomic E-state index is 0.370. The molecular weight excluding hydrogens is 227 g/mol. The molecule has 0 fully saturated rings. The van der Waals surface area contributed by atoms with Crippen LogP contribution in [0.4, 0.5) is 5.82 Å². The van der Waals surface area contributed by atoms with Crippen LogP contribution in [0.15, 0.2) is 18.3 Å². The predicted octanol–water partition coefficient (Wildman–Crippen LogP) is 1.28. The molecule has 5 nitrogen and oxygen atoms in total. The molecule has 0 unspecified atom stereocenters. The predicted molar refractivity (Wildman–Crippen MR) is 66.6 cm³/mol. The van der Waals surface area contributed by atoms with Crippen LogP contribution in [0.2, 0.25) is 0 Å². The number of nitrogens with zero attached hydrogens (tertiary/aromatic N) is 1. The van der Waals surface area contributed by atoms with Crippen LogP contribution in [0.5, 0.6) is 0 Å². The second kappa shape index (κ2) is 4.63. The van der Waals surface area contributed by atoms with Crippen molar-refractivity contribution < 1.29 is 13.9 Å². The van der Waals surface area contributed by atoms with E-state index in [2.05, 4.69) is 4.98 Å². The quantitative estimate of drug-likeness (QED) is 0.765. The van der Waals surface area contributed by atoms with Gasteiger partial charge in [0.1, 0.15) is 0 Å². The molecule has 0 saturated heterocycles. The number of pyridine rings is 1. The van der Waals surface area contributed by atoms with Gasteiger partial charge in [0.15, 0.2) is 0 Å². The van der Waals surface area contributed by atoms with Gasteiger partial charge in [0, 0.05) is 0 Å². The van der Waals surface area contributed by atoms with Gasteiger partial charge in [-0.3, -0.25) is 0 Å². The van der Waals surface area contributed by atoms with Crippen LogP contribution in [-0.4, -0.2) is 29.8 Å². The van der Waals surface area contributed by atoms with E-state index in [9.17, 15) is 4.89 Å². The summed E-state index contributed by atoms with van der Waals surface area (Å²) in [7, 11) is -3.74. The summed E-state index contributed by atoms with van der Waals surface area (Å²) in [5.41, 5.74) is 5.50. The van der Waals surface area contributed by atoms with Crippen LogP contribution in [-0.2, 0) is 9.05 Å². The van der Waals surface area contributed by atoms with Crippen LogP contribution in [0.1, 0.15) is 13.8 Å². The average Bonchev–Trinajstić information content (AvgIpc) is 2.18. The van der Waals surface area contributed by atoms with E-state index in [4.69, 9.17) is 14.8 Å². The van der Waals surface area contributed by atoms with Gasteiger partial charge in [-0.15, -0.1) is 0 Å². The van der Waals surface area contributed by atoms with E-state index in [1.165, 1.54) is 6.20 Å². The summed E-state index contributed by atoms with van der Waals surface area (Å²) >= 11 is 0. The van der Waals surface area contributed by atoms with Gasteiger partial charge in [-0.25, -0.2) is 0 Å². The van der Waals surface area contributed by atoms with E-state index in [1.807, 2.05) is 13.8 Å². The van der Waals surface area contributed by atoms with E-state index in [1.54, 1.807) is 18.8 Å². The molecular formula is C10H19N2O3P. The van der Waals surface area contributed by atoms with Crippen molar-refractivity contribution in [3.05, 3.63) is 18.3 Å². The summed E-state index contributed by atoms with van der Waals surface area (Å²) in [5, 5.41) is 0.545. The van der Waals surface area contributed by atoms with Crippen molar-refractivity contribution >= 4 is 18.4 Å². The summed E-state index contributed by atoms with van der Waals surface area (Å²) in [6.07, 6.45) is 1.50. The Hall–Kier alpha value is -0.740. The van der Waals surface area contributed by atoms with E-state index >= 15 is 0 Å². The van der Waals surface area contributed by atoms with Crippen molar-refractivity contribution in [2.75, 3.05) is 25.6 Å². The fourth-order valence-electron chi connectivity index (χ4n) is 1.49. The second-order valence-corrected chi connectivity index (χ2v) is 7.24. The Balaban J connectivity index is 3.15. The first kappa shape index (κ1) is 13.3. The van der Waals surface area contributed by atoms with E-state index in [0.29, 0.717) is 24.3 Å². The average molecular weight is 246 g/mol. The van der Waals surface area contributed by atoms with Gasteiger partial charge in [0.2, 0.25) is 0 Å².